The van der Waals surface area contributed by atoms with E-state index in [0.717, 1.165) is 29.5 Å². The summed E-state index contributed by atoms with van der Waals surface area (Å²) in [6.45, 7) is 4.09. The van der Waals surface area contributed by atoms with Gasteiger partial charge < -0.3 is 4.74 Å². The Bertz CT molecular complexity index is 681. The Balaban J connectivity index is 2.19. The van der Waals surface area contributed by atoms with Crippen LogP contribution in [0.1, 0.15) is 38.3 Å². The van der Waals surface area contributed by atoms with Crippen molar-refractivity contribution in [3.8, 4) is 16.9 Å². The minimum Gasteiger partial charge on any atom is -0.490 e. The zero-order valence-corrected chi connectivity index (χ0v) is 12.9. The van der Waals surface area contributed by atoms with Crippen molar-refractivity contribution < 1.29 is 9.13 Å². The SMILES string of the molecule is CCC1CC=NC(C)c2c(cc(F)cc2-c2ccccc2)O1. The third kappa shape index (κ3) is 2.89. The standard InChI is InChI=1S/C19H20FNO/c1-3-16-9-10-21-13(2)19-17(14-7-5-4-6-8-14)11-15(20)12-18(19)22-16/h4-8,10-13,16H,3,9H2,1-2H3. The summed E-state index contributed by atoms with van der Waals surface area (Å²) >= 11 is 0. The second kappa shape index (κ2) is 6.30. The number of rotatable bonds is 2. The largest absolute Gasteiger partial charge is 0.490 e. The molecule has 0 fully saturated rings. The van der Waals surface area contributed by atoms with E-state index in [2.05, 4.69) is 11.9 Å². The molecule has 2 aromatic rings. The van der Waals surface area contributed by atoms with E-state index in [1.165, 1.54) is 6.07 Å². The third-order valence-electron chi connectivity index (χ3n) is 4.06. The Kier molecular flexibility index (Phi) is 4.23. The molecule has 2 nitrogen and oxygen atoms in total. The molecule has 2 aromatic carbocycles. The van der Waals surface area contributed by atoms with Gasteiger partial charge in [-0.15, -0.1) is 0 Å². The summed E-state index contributed by atoms with van der Waals surface area (Å²) in [6.07, 6.45) is 3.61. The van der Waals surface area contributed by atoms with Crippen molar-refractivity contribution >= 4 is 6.21 Å². The monoisotopic (exact) mass is 297 g/mol. The van der Waals surface area contributed by atoms with Crippen LogP contribution in [0.2, 0.25) is 0 Å². The van der Waals surface area contributed by atoms with Gasteiger partial charge in [-0.1, -0.05) is 37.3 Å². The Morgan fingerprint density at radius 2 is 2.00 bits per heavy atom. The molecule has 0 bridgehead atoms. The normalized spacial score (nSPS) is 20.7. The van der Waals surface area contributed by atoms with Crippen molar-refractivity contribution in [2.75, 3.05) is 0 Å². The lowest BCUT2D eigenvalue weighted by atomic mass is 9.94. The predicted molar refractivity (Wildman–Crippen MR) is 88.1 cm³/mol. The molecule has 22 heavy (non-hydrogen) atoms. The summed E-state index contributed by atoms with van der Waals surface area (Å²) in [7, 11) is 0. The molecule has 0 radical (unpaired) electrons. The molecule has 3 rings (SSSR count). The van der Waals surface area contributed by atoms with Gasteiger partial charge in [-0.2, -0.15) is 0 Å². The molecule has 0 aromatic heterocycles. The van der Waals surface area contributed by atoms with Crippen molar-refractivity contribution in [3.05, 3.63) is 53.8 Å². The van der Waals surface area contributed by atoms with Crippen molar-refractivity contribution in [1.82, 2.24) is 0 Å². The minimum atomic E-state index is -0.274. The molecule has 0 amide bonds. The van der Waals surface area contributed by atoms with Crippen molar-refractivity contribution in [1.29, 1.82) is 0 Å². The average Bonchev–Trinajstić information content (AvgIpc) is 2.52. The summed E-state index contributed by atoms with van der Waals surface area (Å²) < 4.78 is 20.2. The lowest BCUT2D eigenvalue weighted by Crippen LogP contribution is -2.19. The van der Waals surface area contributed by atoms with Crippen LogP contribution in [0.3, 0.4) is 0 Å². The van der Waals surface area contributed by atoms with E-state index in [1.54, 1.807) is 6.07 Å². The number of benzene rings is 2. The quantitative estimate of drug-likeness (QED) is 0.748. The molecule has 1 aliphatic rings. The first-order chi connectivity index (χ1) is 10.7. The van der Waals surface area contributed by atoms with Crippen LogP contribution in [0.5, 0.6) is 5.75 Å². The van der Waals surface area contributed by atoms with Crippen LogP contribution in [0, 0.1) is 5.82 Å². The molecule has 0 aliphatic carbocycles. The summed E-state index contributed by atoms with van der Waals surface area (Å²) in [6, 6.07) is 12.9. The molecule has 0 saturated carbocycles. The third-order valence-corrected chi connectivity index (χ3v) is 4.06. The van der Waals surface area contributed by atoms with Gasteiger partial charge in [-0.25, -0.2) is 4.39 Å². The zero-order chi connectivity index (χ0) is 15.5. The molecule has 114 valence electrons. The highest BCUT2D eigenvalue weighted by atomic mass is 19.1. The van der Waals surface area contributed by atoms with Gasteiger partial charge in [0, 0.05) is 24.3 Å². The van der Waals surface area contributed by atoms with E-state index in [4.69, 9.17) is 4.74 Å². The molecule has 1 heterocycles. The topological polar surface area (TPSA) is 21.6 Å². The molecule has 3 heteroatoms. The molecule has 0 N–H and O–H groups in total. The van der Waals surface area contributed by atoms with Crippen molar-refractivity contribution in [2.45, 2.75) is 38.8 Å². The van der Waals surface area contributed by atoms with Gasteiger partial charge in [0.2, 0.25) is 0 Å². The van der Waals surface area contributed by atoms with Crippen LogP contribution in [0.25, 0.3) is 11.1 Å². The van der Waals surface area contributed by atoms with Gasteiger partial charge in [0.1, 0.15) is 17.7 Å². The number of hydrogen-bond donors (Lipinski definition) is 0. The Hall–Kier alpha value is -2.16. The lowest BCUT2D eigenvalue weighted by Gasteiger charge is -2.25. The van der Waals surface area contributed by atoms with E-state index in [9.17, 15) is 4.39 Å². The zero-order valence-electron chi connectivity index (χ0n) is 12.9. The fourth-order valence-corrected chi connectivity index (χ4v) is 2.87. The predicted octanol–water partition coefficient (Wildman–Crippen LogP) is 5.19. The van der Waals surface area contributed by atoms with Gasteiger partial charge in [-0.3, -0.25) is 4.99 Å². The number of nitrogens with zero attached hydrogens (tertiary/aromatic N) is 1. The van der Waals surface area contributed by atoms with Crippen molar-refractivity contribution in [2.24, 2.45) is 4.99 Å². The van der Waals surface area contributed by atoms with E-state index < -0.39 is 0 Å². The van der Waals surface area contributed by atoms with Gasteiger partial charge in [0.25, 0.3) is 0 Å². The fraction of sp³-hybridized carbons (Fsp3) is 0.316. The summed E-state index contributed by atoms with van der Waals surface area (Å²) in [5.41, 5.74) is 2.80. The summed E-state index contributed by atoms with van der Waals surface area (Å²) in [5, 5.41) is 0. The maximum atomic E-state index is 14.1. The van der Waals surface area contributed by atoms with Gasteiger partial charge in [0.05, 0.1) is 6.04 Å². The Morgan fingerprint density at radius 1 is 1.23 bits per heavy atom. The van der Waals surface area contributed by atoms with Gasteiger partial charge in [0.15, 0.2) is 0 Å². The highest BCUT2D eigenvalue weighted by Gasteiger charge is 2.22. The molecule has 0 spiro atoms. The number of hydrogen-bond acceptors (Lipinski definition) is 2. The van der Waals surface area contributed by atoms with Crippen LogP contribution in [0.4, 0.5) is 4.39 Å². The van der Waals surface area contributed by atoms with Crippen LogP contribution in [0.15, 0.2) is 47.5 Å². The first kappa shape index (κ1) is 14.8. The minimum absolute atomic E-state index is 0.0421. The van der Waals surface area contributed by atoms with Crippen molar-refractivity contribution in [3.63, 3.8) is 0 Å². The Labute approximate surface area is 130 Å². The van der Waals surface area contributed by atoms with Crippen LogP contribution < -0.4 is 4.74 Å². The molecule has 2 atom stereocenters. The fourth-order valence-electron chi connectivity index (χ4n) is 2.87. The molecule has 2 unspecified atom stereocenters. The van der Waals surface area contributed by atoms with Crippen LogP contribution in [-0.4, -0.2) is 12.3 Å². The average molecular weight is 297 g/mol. The molecular formula is C19H20FNO. The summed E-state index contributed by atoms with van der Waals surface area (Å²) in [5.74, 6) is 0.347. The maximum absolute atomic E-state index is 14.1. The second-order valence-corrected chi connectivity index (χ2v) is 5.62. The molecule has 1 aliphatic heterocycles. The lowest BCUT2D eigenvalue weighted by molar-refractivity contribution is 0.201. The van der Waals surface area contributed by atoms with Gasteiger partial charge in [-0.05, 0) is 30.5 Å². The second-order valence-electron chi connectivity index (χ2n) is 5.62. The van der Waals surface area contributed by atoms with E-state index >= 15 is 0 Å². The first-order valence-electron chi connectivity index (χ1n) is 7.76. The van der Waals surface area contributed by atoms with E-state index in [-0.39, 0.29) is 18.0 Å². The number of halogens is 1. The highest BCUT2D eigenvalue weighted by Crippen LogP contribution is 2.39. The number of fused-ring (bicyclic) bond motifs is 1. The van der Waals surface area contributed by atoms with E-state index in [0.29, 0.717) is 5.75 Å². The van der Waals surface area contributed by atoms with Crippen LogP contribution >= 0.6 is 0 Å². The first-order valence-corrected chi connectivity index (χ1v) is 7.76. The van der Waals surface area contributed by atoms with Crippen LogP contribution in [-0.2, 0) is 0 Å². The van der Waals surface area contributed by atoms with Gasteiger partial charge >= 0.3 is 0 Å². The smallest absolute Gasteiger partial charge is 0.128 e. The number of ether oxygens (including phenoxy) is 1. The van der Waals surface area contributed by atoms with E-state index in [1.807, 2.05) is 43.5 Å². The highest BCUT2D eigenvalue weighted by molar-refractivity contribution is 5.72. The molecule has 0 saturated heterocycles. The Morgan fingerprint density at radius 3 is 2.73 bits per heavy atom. The summed E-state index contributed by atoms with van der Waals surface area (Å²) in [4.78, 5) is 4.61. The maximum Gasteiger partial charge on any atom is 0.128 e. The molecular weight excluding hydrogens is 277 g/mol. The number of aliphatic imine (C=N–C) groups is 1.